The lowest BCUT2D eigenvalue weighted by Gasteiger charge is -2.25. The van der Waals surface area contributed by atoms with E-state index < -0.39 is 11.4 Å². The average Bonchev–Trinajstić information content (AvgIpc) is 2.48. The molecule has 1 atom stereocenters. The average molecular weight is 265 g/mol. The molecule has 0 radical (unpaired) electrons. The van der Waals surface area contributed by atoms with E-state index in [-0.39, 0.29) is 0 Å². The highest BCUT2D eigenvalue weighted by molar-refractivity contribution is 5.81. The van der Waals surface area contributed by atoms with Gasteiger partial charge in [0.25, 0.3) is 0 Å². The molecule has 0 spiro atoms. The summed E-state index contributed by atoms with van der Waals surface area (Å²) in [4.78, 5) is 11.7. The zero-order valence-corrected chi connectivity index (χ0v) is 11.2. The molecule has 0 aliphatic heterocycles. The number of nitrogens with zero attached hydrogens (tertiary/aromatic N) is 1. The molecule has 0 saturated carbocycles. The number of hydrogen-bond acceptors (Lipinski definition) is 2. The molecule has 0 aliphatic carbocycles. The largest absolute Gasteiger partial charge is 0.481 e. The minimum Gasteiger partial charge on any atom is -0.481 e. The fourth-order valence-corrected chi connectivity index (χ4v) is 2.21. The second-order valence-corrected chi connectivity index (χ2v) is 4.99. The summed E-state index contributed by atoms with van der Waals surface area (Å²) in [6.45, 7) is 1.73. The van der Waals surface area contributed by atoms with Crippen molar-refractivity contribution in [3.8, 4) is 6.07 Å². The van der Waals surface area contributed by atoms with Crippen LogP contribution in [0.1, 0.15) is 23.6 Å². The summed E-state index contributed by atoms with van der Waals surface area (Å²) in [5.74, 6) is -0.854. The fourth-order valence-electron chi connectivity index (χ4n) is 2.21. The molecule has 3 nitrogen and oxygen atoms in total. The lowest BCUT2D eigenvalue weighted by molar-refractivity contribution is -0.143. The van der Waals surface area contributed by atoms with E-state index in [0.29, 0.717) is 12.0 Å². The maximum absolute atomic E-state index is 11.7. The third-order valence-corrected chi connectivity index (χ3v) is 3.52. The predicted molar refractivity (Wildman–Crippen MR) is 76.3 cm³/mol. The lowest BCUT2D eigenvalue weighted by Crippen LogP contribution is -2.34. The van der Waals surface area contributed by atoms with E-state index in [1.54, 1.807) is 19.1 Å². The molecule has 0 amide bonds. The Kier molecular flexibility index (Phi) is 3.86. The van der Waals surface area contributed by atoms with Crippen LogP contribution in [-0.2, 0) is 16.6 Å². The number of hydrogen-bond donors (Lipinski definition) is 1. The highest BCUT2D eigenvalue weighted by atomic mass is 16.4. The van der Waals surface area contributed by atoms with E-state index in [9.17, 15) is 9.90 Å². The summed E-state index contributed by atoms with van der Waals surface area (Å²) in [5, 5.41) is 18.4. The van der Waals surface area contributed by atoms with E-state index in [1.807, 2.05) is 42.5 Å². The summed E-state index contributed by atoms with van der Waals surface area (Å²) in [6, 6.07) is 18.3. The van der Waals surface area contributed by atoms with Crippen molar-refractivity contribution in [1.29, 1.82) is 5.26 Å². The van der Waals surface area contributed by atoms with Crippen LogP contribution in [0, 0.1) is 11.3 Å². The molecule has 1 N–H and O–H groups in total. The molecule has 3 heteroatoms. The van der Waals surface area contributed by atoms with Crippen molar-refractivity contribution in [3.05, 3.63) is 71.3 Å². The van der Waals surface area contributed by atoms with Crippen LogP contribution in [0.5, 0.6) is 0 Å². The molecule has 2 aromatic rings. The van der Waals surface area contributed by atoms with Crippen LogP contribution in [-0.4, -0.2) is 11.1 Å². The molecular weight excluding hydrogens is 250 g/mol. The van der Waals surface area contributed by atoms with Crippen LogP contribution in [0.4, 0.5) is 0 Å². The first-order chi connectivity index (χ1) is 9.56. The van der Waals surface area contributed by atoms with Gasteiger partial charge in [-0.1, -0.05) is 42.5 Å². The first kappa shape index (κ1) is 13.8. The monoisotopic (exact) mass is 265 g/mol. The standard InChI is InChI=1S/C17H15NO2/c1-17(16(19)20,15-5-3-2-4-6-15)11-13-7-9-14(12-18)10-8-13/h2-10H,11H2,1H3,(H,19,20). The van der Waals surface area contributed by atoms with Gasteiger partial charge in [0.15, 0.2) is 0 Å². The van der Waals surface area contributed by atoms with Gasteiger partial charge in [-0.05, 0) is 36.6 Å². The van der Waals surface area contributed by atoms with Crippen molar-refractivity contribution in [2.75, 3.05) is 0 Å². The lowest BCUT2D eigenvalue weighted by atomic mass is 9.77. The molecule has 2 aromatic carbocycles. The summed E-state index contributed by atoms with van der Waals surface area (Å²) >= 11 is 0. The summed E-state index contributed by atoms with van der Waals surface area (Å²) in [6.07, 6.45) is 0.387. The van der Waals surface area contributed by atoms with Gasteiger partial charge in [-0.25, -0.2) is 0 Å². The second kappa shape index (κ2) is 5.58. The Bertz CT molecular complexity index is 641. The summed E-state index contributed by atoms with van der Waals surface area (Å²) in [7, 11) is 0. The van der Waals surface area contributed by atoms with Crippen LogP contribution in [0.2, 0.25) is 0 Å². The van der Waals surface area contributed by atoms with Gasteiger partial charge in [0, 0.05) is 0 Å². The second-order valence-electron chi connectivity index (χ2n) is 4.99. The molecule has 0 aromatic heterocycles. The van der Waals surface area contributed by atoms with Crippen molar-refractivity contribution >= 4 is 5.97 Å². The highest BCUT2D eigenvalue weighted by Gasteiger charge is 2.35. The van der Waals surface area contributed by atoms with Gasteiger partial charge in [-0.3, -0.25) is 4.79 Å². The summed E-state index contributed by atoms with van der Waals surface area (Å²) < 4.78 is 0. The highest BCUT2D eigenvalue weighted by Crippen LogP contribution is 2.28. The van der Waals surface area contributed by atoms with Crippen LogP contribution in [0.3, 0.4) is 0 Å². The number of carboxylic acid groups (broad SMARTS) is 1. The Hall–Kier alpha value is -2.60. The van der Waals surface area contributed by atoms with Crippen LogP contribution in [0.25, 0.3) is 0 Å². The zero-order valence-electron chi connectivity index (χ0n) is 11.2. The molecular formula is C17H15NO2. The molecule has 2 rings (SSSR count). The first-order valence-corrected chi connectivity index (χ1v) is 6.34. The van der Waals surface area contributed by atoms with Gasteiger partial charge in [0.2, 0.25) is 0 Å². The van der Waals surface area contributed by atoms with Gasteiger partial charge in [0.1, 0.15) is 0 Å². The number of nitriles is 1. The molecule has 0 heterocycles. The van der Waals surface area contributed by atoms with Gasteiger partial charge in [0.05, 0.1) is 17.0 Å². The van der Waals surface area contributed by atoms with Crippen LogP contribution >= 0.6 is 0 Å². The Labute approximate surface area is 118 Å². The van der Waals surface area contributed by atoms with Crippen molar-refractivity contribution in [2.45, 2.75) is 18.8 Å². The van der Waals surface area contributed by atoms with E-state index in [4.69, 9.17) is 5.26 Å². The minimum absolute atomic E-state index is 0.387. The van der Waals surface area contributed by atoms with Gasteiger partial charge in [-0.2, -0.15) is 5.26 Å². The number of benzene rings is 2. The molecule has 0 bridgehead atoms. The van der Waals surface area contributed by atoms with Crippen LogP contribution < -0.4 is 0 Å². The third-order valence-electron chi connectivity index (χ3n) is 3.52. The molecule has 0 fully saturated rings. The Morgan fingerprint density at radius 1 is 1.15 bits per heavy atom. The normalized spacial score (nSPS) is 13.2. The Morgan fingerprint density at radius 2 is 1.75 bits per heavy atom. The Morgan fingerprint density at radius 3 is 2.25 bits per heavy atom. The SMILES string of the molecule is CC(Cc1ccc(C#N)cc1)(C(=O)O)c1ccccc1. The molecule has 0 aliphatic rings. The maximum Gasteiger partial charge on any atom is 0.314 e. The molecule has 20 heavy (non-hydrogen) atoms. The van der Waals surface area contributed by atoms with Gasteiger partial charge >= 0.3 is 5.97 Å². The quantitative estimate of drug-likeness (QED) is 0.923. The predicted octanol–water partition coefficient (Wildman–Crippen LogP) is 3.14. The van der Waals surface area contributed by atoms with E-state index in [0.717, 1.165) is 11.1 Å². The first-order valence-electron chi connectivity index (χ1n) is 6.34. The maximum atomic E-state index is 11.7. The van der Waals surface area contributed by atoms with E-state index in [2.05, 4.69) is 6.07 Å². The van der Waals surface area contributed by atoms with Crippen molar-refractivity contribution < 1.29 is 9.90 Å². The van der Waals surface area contributed by atoms with Gasteiger partial charge in [-0.15, -0.1) is 0 Å². The van der Waals surface area contributed by atoms with E-state index in [1.165, 1.54) is 0 Å². The number of carboxylic acids is 1. The smallest absolute Gasteiger partial charge is 0.314 e. The van der Waals surface area contributed by atoms with Crippen molar-refractivity contribution in [1.82, 2.24) is 0 Å². The van der Waals surface area contributed by atoms with Crippen molar-refractivity contribution in [2.24, 2.45) is 0 Å². The molecule has 1 unspecified atom stereocenters. The zero-order chi connectivity index (χ0) is 14.6. The molecule has 0 saturated heterocycles. The Balaban J connectivity index is 2.35. The number of aliphatic carboxylic acids is 1. The van der Waals surface area contributed by atoms with Crippen LogP contribution in [0.15, 0.2) is 54.6 Å². The minimum atomic E-state index is -0.977. The molecule has 100 valence electrons. The summed E-state index contributed by atoms with van der Waals surface area (Å²) in [5.41, 5.74) is 1.27. The van der Waals surface area contributed by atoms with Gasteiger partial charge < -0.3 is 5.11 Å². The third kappa shape index (κ3) is 2.70. The topological polar surface area (TPSA) is 61.1 Å². The van der Waals surface area contributed by atoms with E-state index >= 15 is 0 Å². The fraction of sp³-hybridized carbons (Fsp3) is 0.176. The number of rotatable bonds is 4. The number of carbonyl (C=O) groups is 1. The van der Waals surface area contributed by atoms with Crippen molar-refractivity contribution in [3.63, 3.8) is 0 Å².